The number of rotatable bonds is 12. The van der Waals surface area contributed by atoms with Gasteiger partial charge in [-0.25, -0.2) is 8.42 Å². The quantitative estimate of drug-likeness (QED) is 0.322. The zero-order chi connectivity index (χ0) is 27.0. The first-order chi connectivity index (χ1) is 16.9. The second kappa shape index (κ2) is 12.5. The molecule has 0 spiro atoms. The number of anilines is 1. The molecule has 36 heavy (non-hydrogen) atoms. The van der Waals surface area contributed by atoms with Gasteiger partial charge in [-0.3, -0.25) is 24.0 Å². The molecule has 2 rings (SSSR count). The van der Waals surface area contributed by atoms with Gasteiger partial charge < -0.3 is 15.0 Å². The van der Waals surface area contributed by atoms with E-state index in [0.29, 0.717) is 17.1 Å². The minimum Gasteiger partial charge on any atom is -0.495 e. The van der Waals surface area contributed by atoms with E-state index in [1.54, 1.807) is 38.1 Å². The minimum atomic E-state index is -4.11. The number of methoxy groups -OCH3 is 1. The topological polar surface area (TPSA) is 139 Å². The van der Waals surface area contributed by atoms with Crippen molar-refractivity contribution in [2.75, 3.05) is 30.8 Å². The highest BCUT2D eigenvalue weighted by Gasteiger charge is 2.33. The summed E-state index contributed by atoms with van der Waals surface area (Å²) in [6.07, 6.45) is 1.12. The summed E-state index contributed by atoms with van der Waals surface area (Å²) in [5.74, 6) is -1.08. The lowest BCUT2D eigenvalue weighted by Gasteiger charge is -2.33. The van der Waals surface area contributed by atoms with Crippen LogP contribution in [0.3, 0.4) is 0 Å². The van der Waals surface area contributed by atoms with Crippen molar-refractivity contribution >= 4 is 44.8 Å². The van der Waals surface area contributed by atoms with E-state index in [0.717, 1.165) is 22.7 Å². The summed E-state index contributed by atoms with van der Waals surface area (Å²) >= 11 is 6.30. The van der Waals surface area contributed by atoms with E-state index in [1.165, 1.54) is 18.1 Å². The molecule has 0 aliphatic heterocycles. The number of carbonyl (C=O) groups is 2. The molecule has 2 aromatic rings. The molecule has 0 heterocycles. The van der Waals surface area contributed by atoms with Gasteiger partial charge in [0.05, 0.1) is 18.3 Å². The summed E-state index contributed by atoms with van der Waals surface area (Å²) in [6.45, 7) is 3.02. The summed E-state index contributed by atoms with van der Waals surface area (Å²) in [4.78, 5) is 38.3. The van der Waals surface area contributed by atoms with Crippen LogP contribution in [0.2, 0.25) is 5.02 Å². The Morgan fingerprint density at radius 2 is 1.86 bits per heavy atom. The number of hydrogen-bond donors (Lipinski definition) is 1. The van der Waals surface area contributed by atoms with Crippen molar-refractivity contribution < 1.29 is 27.7 Å². The number of carbonyl (C=O) groups excluding carboxylic acids is 2. The predicted molar refractivity (Wildman–Crippen MR) is 137 cm³/mol. The van der Waals surface area contributed by atoms with E-state index in [-0.39, 0.29) is 30.1 Å². The summed E-state index contributed by atoms with van der Waals surface area (Å²) < 4.78 is 31.5. The maximum absolute atomic E-state index is 13.6. The van der Waals surface area contributed by atoms with Crippen molar-refractivity contribution in [3.63, 3.8) is 0 Å². The molecule has 0 unspecified atom stereocenters. The van der Waals surface area contributed by atoms with Crippen LogP contribution >= 0.6 is 11.6 Å². The van der Waals surface area contributed by atoms with E-state index >= 15 is 0 Å². The normalized spacial score (nSPS) is 11.9. The molecule has 13 heteroatoms. The van der Waals surface area contributed by atoms with Crippen LogP contribution in [-0.4, -0.2) is 62.6 Å². The van der Waals surface area contributed by atoms with Crippen LogP contribution < -0.4 is 14.4 Å². The van der Waals surface area contributed by atoms with Gasteiger partial charge in [0.15, 0.2) is 0 Å². The fourth-order valence-electron chi connectivity index (χ4n) is 3.60. The van der Waals surface area contributed by atoms with E-state index in [2.05, 4.69) is 5.32 Å². The van der Waals surface area contributed by atoms with E-state index in [4.69, 9.17) is 16.3 Å². The molecule has 2 aromatic carbocycles. The summed E-state index contributed by atoms with van der Waals surface area (Å²) in [7, 11) is -2.83. The molecule has 0 fully saturated rings. The Balaban J connectivity index is 2.57. The molecule has 0 aromatic heterocycles. The third kappa shape index (κ3) is 7.08. The Hall–Kier alpha value is -3.38. The van der Waals surface area contributed by atoms with Crippen molar-refractivity contribution in [3.8, 4) is 5.75 Å². The Bertz CT molecular complexity index is 1220. The average Bonchev–Trinajstić information content (AvgIpc) is 2.82. The third-order valence-electron chi connectivity index (χ3n) is 5.36. The zero-order valence-electron chi connectivity index (χ0n) is 20.4. The number of nitro groups is 1. The highest BCUT2D eigenvalue weighted by Crippen LogP contribution is 2.34. The summed E-state index contributed by atoms with van der Waals surface area (Å²) in [5.41, 5.74) is 0.00832. The number of halogens is 1. The first-order valence-electron chi connectivity index (χ1n) is 11.0. The lowest BCUT2D eigenvalue weighted by Crippen LogP contribution is -2.52. The standard InChI is InChI=1S/C23H29ClN4O7S/c1-5-19(23(30)25-6-2)26(14-16-9-7-8-10-18(16)24)22(29)15-27(36(4,33)34)20-13-17(28(31)32)11-12-21(20)35-3/h7-13,19H,5-6,14-15H2,1-4H3,(H,25,30)/t19-/m0/s1. The Labute approximate surface area is 215 Å². The first-order valence-corrected chi connectivity index (χ1v) is 13.3. The number of nitro benzene ring substituents is 1. The fraction of sp³-hybridized carbons (Fsp3) is 0.391. The molecule has 11 nitrogen and oxygen atoms in total. The average molecular weight is 541 g/mol. The molecular formula is C23H29ClN4O7S. The molecule has 0 saturated heterocycles. The smallest absolute Gasteiger partial charge is 0.271 e. The minimum absolute atomic E-state index is 0.0206. The van der Waals surface area contributed by atoms with Crippen LogP contribution in [0.4, 0.5) is 11.4 Å². The van der Waals surface area contributed by atoms with Crippen molar-refractivity contribution in [2.24, 2.45) is 0 Å². The van der Waals surface area contributed by atoms with Crippen molar-refractivity contribution in [3.05, 3.63) is 63.2 Å². The number of amides is 2. The first kappa shape index (κ1) is 28.9. The van der Waals surface area contributed by atoms with E-state index in [9.17, 15) is 28.1 Å². The molecule has 1 N–H and O–H groups in total. The monoisotopic (exact) mass is 540 g/mol. The van der Waals surface area contributed by atoms with E-state index < -0.39 is 39.3 Å². The van der Waals surface area contributed by atoms with Crippen molar-refractivity contribution in [1.29, 1.82) is 0 Å². The van der Waals surface area contributed by atoms with Crippen LogP contribution in [0.5, 0.6) is 5.75 Å². The fourth-order valence-corrected chi connectivity index (χ4v) is 4.64. The number of nitrogens with one attached hydrogen (secondary N) is 1. The van der Waals surface area contributed by atoms with Gasteiger partial charge in [-0.15, -0.1) is 0 Å². The zero-order valence-corrected chi connectivity index (χ0v) is 22.0. The highest BCUT2D eigenvalue weighted by atomic mass is 35.5. The van der Waals surface area contributed by atoms with Gasteiger partial charge in [-0.05, 0) is 31.0 Å². The van der Waals surface area contributed by atoms with Crippen LogP contribution in [0.15, 0.2) is 42.5 Å². The Kier molecular flexibility index (Phi) is 10.1. The van der Waals surface area contributed by atoms with Crippen molar-refractivity contribution in [1.82, 2.24) is 10.2 Å². The Morgan fingerprint density at radius 1 is 1.19 bits per heavy atom. The number of non-ortho nitro benzene ring substituents is 1. The Morgan fingerprint density at radius 3 is 2.39 bits per heavy atom. The number of hydrogen-bond acceptors (Lipinski definition) is 7. The van der Waals surface area contributed by atoms with Gasteiger partial charge in [-0.2, -0.15) is 0 Å². The molecule has 0 radical (unpaired) electrons. The molecular weight excluding hydrogens is 512 g/mol. The summed E-state index contributed by atoms with van der Waals surface area (Å²) in [5, 5.41) is 14.4. The lowest BCUT2D eigenvalue weighted by molar-refractivity contribution is -0.384. The van der Waals surface area contributed by atoms with Gasteiger partial charge in [0.25, 0.3) is 5.69 Å². The molecule has 0 saturated carbocycles. The predicted octanol–water partition coefficient (Wildman–Crippen LogP) is 2.97. The lowest BCUT2D eigenvalue weighted by atomic mass is 10.1. The maximum Gasteiger partial charge on any atom is 0.271 e. The van der Waals surface area contributed by atoms with Crippen LogP contribution in [0.1, 0.15) is 25.8 Å². The molecule has 196 valence electrons. The number of benzene rings is 2. The molecule has 1 atom stereocenters. The molecule has 0 bridgehead atoms. The van der Waals surface area contributed by atoms with E-state index in [1.807, 2.05) is 0 Å². The van der Waals surface area contributed by atoms with Gasteiger partial charge in [0.2, 0.25) is 21.8 Å². The third-order valence-corrected chi connectivity index (χ3v) is 6.85. The summed E-state index contributed by atoms with van der Waals surface area (Å²) in [6, 6.07) is 9.31. The number of nitrogens with zero attached hydrogens (tertiary/aromatic N) is 3. The maximum atomic E-state index is 13.6. The molecule has 0 aliphatic carbocycles. The van der Waals surface area contributed by atoms with Crippen LogP contribution in [0, 0.1) is 10.1 Å². The number of likely N-dealkylation sites (N-methyl/N-ethyl adjacent to an activating group) is 1. The number of ether oxygens (including phenoxy) is 1. The van der Waals surface area contributed by atoms with Crippen LogP contribution in [0.25, 0.3) is 0 Å². The highest BCUT2D eigenvalue weighted by molar-refractivity contribution is 7.92. The molecule has 2 amide bonds. The van der Waals surface area contributed by atoms with Gasteiger partial charge in [-0.1, -0.05) is 36.7 Å². The SMILES string of the molecule is CCNC(=O)[C@H](CC)N(Cc1ccccc1Cl)C(=O)CN(c1cc([N+](=O)[O-])ccc1OC)S(C)(=O)=O. The second-order valence-corrected chi connectivity index (χ2v) is 10.1. The largest absolute Gasteiger partial charge is 0.495 e. The van der Waals surface area contributed by atoms with Gasteiger partial charge >= 0.3 is 0 Å². The van der Waals surface area contributed by atoms with Crippen LogP contribution in [-0.2, 0) is 26.2 Å². The number of sulfonamides is 1. The van der Waals surface area contributed by atoms with Gasteiger partial charge in [0.1, 0.15) is 24.0 Å². The van der Waals surface area contributed by atoms with Gasteiger partial charge in [0, 0.05) is 30.2 Å². The van der Waals surface area contributed by atoms with Crippen molar-refractivity contribution in [2.45, 2.75) is 32.9 Å². The second-order valence-electron chi connectivity index (χ2n) is 7.81. The molecule has 0 aliphatic rings.